The van der Waals surface area contributed by atoms with Crippen LogP contribution >= 0.6 is 0 Å². The fourth-order valence-corrected chi connectivity index (χ4v) is 2.05. The standard InChI is InChI=1S/C13H14N2O2/c1-8-5-4-6-9(2)11(8)15-7-14-10(3)12(15)13(16)17/h4-7H,1-3H3,(H,16,17). The molecule has 0 fully saturated rings. The van der Waals surface area contributed by atoms with E-state index in [1.807, 2.05) is 32.0 Å². The molecule has 0 aliphatic rings. The van der Waals surface area contributed by atoms with Gasteiger partial charge >= 0.3 is 5.97 Å². The van der Waals surface area contributed by atoms with Crippen LogP contribution in [0.15, 0.2) is 24.5 Å². The van der Waals surface area contributed by atoms with Gasteiger partial charge in [-0.15, -0.1) is 0 Å². The molecule has 1 heterocycles. The van der Waals surface area contributed by atoms with Crippen LogP contribution in [-0.2, 0) is 0 Å². The number of carboxylic acids is 1. The first kappa shape index (κ1) is 11.4. The molecular formula is C13H14N2O2. The van der Waals surface area contributed by atoms with Crippen LogP contribution < -0.4 is 0 Å². The van der Waals surface area contributed by atoms with Crippen LogP contribution in [0.3, 0.4) is 0 Å². The molecule has 0 saturated carbocycles. The number of nitrogens with zero attached hydrogens (tertiary/aromatic N) is 2. The van der Waals surface area contributed by atoms with Crippen LogP contribution in [0.25, 0.3) is 5.69 Å². The Morgan fingerprint density at radius 3 is 2.35 bits per heavy atom. The van der Waals surface area contributed by atoms with Crippen molar-refractivity contribution in [3.8, 4) is 5.69 Å². The summed E-state index contributed by atoms with van der Waals surface area (Å²) in [5.41, 5.74) is 3.71. The second kappa shape index (κ2) is 4.05. The molecule has 0 amide bonds. The maximum atomic E-state index is 11.2. The van der Waals surface area contributed by atoms with Gasteiger partial charge in [0.05, 0.1) is 11.4 Å². The number of para-hydroxylation sites is 1. The molecule has 0 bridgehead atoms. The van der Waals surface area contributed by atoms with E-state index in [1.54, 1.807) is 17.8 Å². The first-order valence-electron chi connectivity index (χ1n) is 5.36. The Bertz CT molecular complexity index is 565. The van der Waals surface area contributed by atoms with E-state index in [1.165, 1.54) is 0 Å². The molecule has 88 valence electrons. The van der Waals surface area contributed by atoms with Crippen molar-refractivity contribution in [1.29, 1.82) is 0 Å². The summed E-state index contributed by atoms with van der Waals surface area (Å²) in [7, 11) is 0. The average molecular weight is 230 g/mol. The zero-order valence-corrected chi connectivity index (χ0v) is 10.1. The first-order valence-corrected chi connectivity index (χ1v) is 5.36. The van der Waals surface area contributed by atoms with Gasteiger partial charge in [-0.1, -0.05) is 18.2 Å². The van der Waals surface area contributed by atoms with Crippen molar-refractivity contribution in [3.05, 3.63) is 47.0 Å². The summed E-state index contributed by atoms with van der Waals surface area (Å²) in [6.07, 6.45) is 1.56. The monoisotopic (exact) mass is 230 g/mol. The van der Waals surface area contributed by atoms with Crippen molar-refractivity contribution in [2.45, 2.75) is 20.8 Å². The van der Waals surface area contributed by atoms with E-state index >= 15 is 0 Å². The molecule has 0 atom stereocenters. The maximum absolute atomic E-state index is 11.2. The Hall–Kier alpha value is -2.10. The molecule has 4 heteroatoms. The topological polar surface area (TPSA) is 55.1 Å². The number of hydrogen-bond donors (Lipinski definition) is 1. The molecule has 1 N–H and O–H groups in total. The number of imidazole rings is 1. The van der Waals surface area contributed by atoms with E-state index in [0.29, 0.717) is 5.69 Å². The Morgan fingerprint density at radius 1 is 1.24 bits per heavy atom. The fourth-order valence-electron chi connectivity index (χ4n) is 2.05. The molecule has 0 aliphatic carbocycles. The highest BCUT2D eigenvalue weighted by Gasteiger charge is 2.17. The lowest BCUT2D eigenvalue weighted by molar-refractivity contribution is 0.0687. The van der Waals surface area contributed by atoms with Crippen LogP contribution in [0.2, 0.25) is 0 Å². The molecule has 1 aromatic carbocycles. The summed E-state index contributed by atoms with van der Waals surface area (Å²) in [5, 5.41) is 9.22. The number of aromatic carboxylic acids is 1. The van der Waals surface area contributed by atoms with E-state index in [-0.39, 0.29) is 5.69 Å². The third kappa shape index (κ3) is 1.82. The molecule has 0 saturated heterocycles. The normalized spacial score (nSPS) is 10.5. The van der Waals surface area contributed by atoms with Gasteiger partial charge < -0.3 is 5.11 Å². The predicted molar refractivity (Wildman–Crippen MR) is 64.7 cm³/mol. The summed E-state index contributed by atoms with van der Waals surface area (Å²) in [4.78, 5) is 15.3. The minimum Gasteiger partial charge on any atom is -0.477 e. The van der Waals surface area contributed by atoms with Gasteiger partial charge in [0.25, 0.3) is 0 Å². The highest BCUT2D eigenvalue weighted by molar-refractivity contribution is 5.88. The lowest BCUT2D eigenvalue weighted by Gasteiger charge is -2.12. The number of carboxylic acid groups (broad SMARTS) is 1. The van der Waals surface area contributed by atoms with Gasteiger partial charge in [0.1, 0.15) is 6.33 Å². The quantitative estimate of drug-likeness (QED) is 0.862. The summed E-state index contributed by atoms with van der Waals surface area (Å²) in [6.45, 7) is 5.63. The van der Waals surface area contributed by atoms with Crippen molar-refractivity contribution in [2.24, 2.45) is 0 Å². The molecule has 2 aromatic rings. The van der Waals surface area contributed by atoms with E-state index in [0.717, 1.165) is 16.8 Å². The first-order chi connectivity index (χ1) is 8.02. The fraction of sp³-hybridized carbons (Fsp3) is 0.231. The van der Waals surface area contributed by atoms with Crippen LogP contribution in [0.5, 0.6) is 0 Å². The van der Waals surface area contributed by atoms with Gasteiger partial charge in [-0.05, 0) is 31.9 Å². The average Bonchev–Trinajstić information content (AvgIpc) is 2.60. The minimum absolute atomic E-state index is 0.224. The summed E-state index contributed by atoms with van der Waals surface area (Å²) in [6, 6.07) is 5.88. The van der Waals surface area contributed by atoms with Gasteiger partial charge in [-0.3, -0.25) is 4.57 Å². The van der Waals surface area contributed by atoms with Crippen molar-refractivity contribution >= 4 is 5.97 Å². The van der Waals surface area contributed by atoms with Gasteiger partial charge in [0.15, 0.2) is 5.69 Å². The third-order valence-corrected chi connectivity index (χ3v) is 2.83. The molecule has 17 heavy (non-hydrogen) atoms. The van der Waals surface area contributed by atoms with Crippen LogP contribution in [0.1, 0.15) is 27.3 Å². The summed E-state index contributed by atoms with van der Waals surface area (Å²) < 4.78 is 1.64. The highest BCUT2D eigenvalue weighted by Crippen LogP contribution is 2.21. The second-order valence-electron chi connectivity index (χ2n) is 4.09. The van der Waals surface area contributed by atoms with Gasteiger partial charge in [-0.25, -0.2) is 9.78 Å². The zero-order chi connectivity index (χ0) is 12.6. The molecular weight excluding hydrogens is 216 g/mol. The van der Waals surface area contributed by atoms with Crippen molar-refractivity contribution in [2.75, 3.05) is 0 Å². The zero-order valence-electron chi connectivity index (χ0n) is 10.1. The Morgan fingerprint density at radius 2 is 1.82 bits per heavy atom. The molecule has 0 aliphatic heterocycles. The van der Waals surface area contributed by atoms with Crippen molar-refractivity contribution < 1.29 is 9.90 Å². The molecule has 0 unspecified atom stereocenters. The Kier molecular flexibility index (Phi) is 2.71. The lowest BCUT2D eigenvalue weighted by Crippen LogP contribution is -2.09. The molecule has 2 rings (SSSR count). The van der Waals surface area contributed by atoms with Gasteiger partial charge in [0, 0.05) is 0 Å². The number of hydrogen-bond acceptors (Lipinski definition) is 2. The summed E-state index contributed by atoms with van der Waals surface area (Å²) in [5.74, 6) is -0.956. The number of carbonyl (C=O) groups is 1. The van der Waals surface area contributed by atoms with Gasteiger partial charge in [-0.2, -0.15) is 0 Å². The van der Waals surface area contributed by atoms with Gasteiger partial charge in [0.2, 0.25) is 0 Å². The maximum Gasteiger partial charge on any atom is 0.354 e. The van der Waals surface area contributed by atoms with E-state index in [4.69, 9.17) is 0 Å². The third-order valence-electron chi connectivity index (χ3n) is 2.83. The van der Waals surface area contributed by atoms with E-state index in [9.17, 15) is 9.90 Å². The number of aryl methyl sites for hydroxylation is 3. The lowest BCUT2D eigenvalue weighted by atomic mass is 10.1. The van der Waals surface area contributed by atoms with Crippen LogP contribution in [0.4, 0.5) is 0 Å². The van der Waals surface area contributed by atoms with E-state index < -0.39 is 5.97 Å². The highest BCUT2D eigenvalue weighted by atomic mass is 16.4. The number of benzene rings is 1. The predicted octanol–water partition coefficient (Wildman–Crippen LogP) is 2.50. The molecule has 0 radical (unpaired) electrons. The van der Waals surface area contributed by atoms with Crippen LogP contribution in [0, 0.1) is 20.8 Å². The molecule has 4 nitrogen and oxygen atoms in total. The molecule has 1 aromatic heterocycles. The SMILES string of the molecule is Cc1cccc(C)c1-n1cnc(C)c1C(=O)O. The largest absolute Gasteiger partial charge is 0.477 e. The smallest absolute Gasteiger partial charge is 0.354 e. The minimum atomic E-state index is -0.956. The number of rotatable bonds is 2. The summed E-state index contributed by atoms with van der Waals surface area (Å²) >= 11 is 0. The van der Waals surface area contributed by atoms with Crippen LogP contribution in [-0.4, -0.2) is 20.6 Å². The van der Waals surface area contributed by atoms with E-state index in [2.05, 4.69) is 4.98 Å². The Labute approximate surface area is 99.5 Å². The second-order valence-corrected chi connectivity index (χ2v) is 4.09. The van der Waals surface area contributed by atoms with Crippen molar-refractivity contribution in [1.82, 2.24) is 9.55 Å². The van der Waals surface area contributed by atoms with Crippen molar-refractivity contribution in [3.63, 3.8) is 0 Å². The number of aromatic nitrogens is 2. The Balaban J connectivity index is 2.73. The molecule has 0 spiro atoms.